The minimum absolute atomic E-state index is 0.245. The number of nitrogens with one attached hydrogen (secondary N) is 1. The van der Waals surface area contributed by atoms with Crippen LogP contribution in [0.25, 0.3) is 0 Å². The molecule has 1 aliphatic heterocycles. The normalized spacial score (nSPS) is 15.9. The fraction of sp³-hybridized carbons (Fsp3) is 0.438. The van der Waals surface area contributed by atoms with Crippen molar-refractivity contribution in [2.75, 3.05) is 18.6 Å². The van der Waals surface area contributed by atoms with Gasteiger partial charge in [-0.2, -0.15) is 11.8 Å². The van der Waals surface area contributed by atoms with Crippen LogP contribution in [-0.2, 0) is 28.6 Å². The lowest BCUT2D eigenvalue weighted by Crippen LogP contribution is -2.21. The Bertz CT molecular complexity index is 776. The van der Waals surface area contributed by atoms with Crippen molar-refractivity contribution in [3.8, 4) is 0 Å². The SMILES string of the molecule is CS(=O)(=O)c1ccc(C(O)CNCc2nc3c(o2)CCSC3)cc1. The standard InChI is InChI=1S/C16H20N2O4S2/c1-24(20,21)12-4-2-11(3-5-12)14(19)8-17-9-16-18-13-10-23-7-6-15(13)22-16/h2-5,14,17,19H,6-10H2,1H3. The lowest BCUT2D eigenvalue weighted by molar-refractivity contribution is 0.173. The van der Waals surface area contributed by atoms with E-state index in [2.05, 4.69) is 10.3 Å². The summed E-state index contributed by atoms with van der Waals surface area (Å²) in [5, 5.41) is 13.3. The van der Waals surface area contributed by atoms with Crippen LogP contribution in [0.3, 0.4) is 0 Å². The van der Waals surface area contributed by atoms with Gasteiger partial charge < -0.3 is 14.8 Å². The number of benzene rings is 1. The highest BCUT2D eigenvalue weighted by Crippen LogP contribution is 2.24. The van der Waals surface area contributed by atoms with Gasteiger partial charge in [-0.15, -0.1) is 0 Å². The summed E-state index contributed by atoms with van der Waals surface area (Å²) in [5.41, 5.74) is 1.69. The van der Waals surface area contributed by atoms with E-state index < -0.39 is 15.9 Å². The number of aromatic nitrogens is 1. The Labute approximate surface area is 145 Å². The maximum Gasteiger partial charge on any atom is 0.208 e. The van der Waals surface area contributed by atoms with Crippen molar-refractivity contribution in [1.82, 2.24) is 10.3 Å². The number of aryl methyl sites for hydroxylation is 1. The van der Waals surface area contributed by atoms with E-state index in [1.54, 1.807) is 12.1 Å². The fourth-order valence-corrected chi connectivity index (χ4v) is 4.05. The number of hydrogen-bond donors (Lipinski definition) is 2. The number of thioether (sulfide) groups is 1. The molecule has 1 atom stereocenters. The molecule has 0 saturated heterocycles. The number of nitrogens with zero attached hydrogens (tertiary/aromatic N) is 1. The van der Waals surface area contributed by atoms with Crippen molar-refractivity contribution in [2.45, 2.75) is 29.7 Å². The third kappa shape index (κ3) is 4.18. The van der Waals surface area contributed by atoms with Crippen LogP contribution >= 0.6 is 11.8 Å². The zero-order valence-corrected chi connectivity index (χ0v) is 15.0. The van der Waals surface area contributed by atoms with Crippen LogP contribution in [0.5, 0.6) is 0 Å². The van der Waals surface area contributed by atoms with Crippen LogP contribution < -0.4 is 5.32 Å². The molecule has 0 amide bonds. The van der Waals surface area contributed by atoms with Crippen molar-refractivity contribution in [3.63, 3.8) is 0 Å². The third-order valence-corrected chi connectivity index (χ3v) is 5.94. The van der Waals surface area contributed by atoms with E-state index in [0.29, 0.717) is 24.5 Å². The van der Waals surface area contributed by atoms with E-state index in [-0.39, 0.29) is 4.90 Å². The highest BCUT2D eigenvalue weighted by atomic mass is 32.2. The van der Waals surface area contributed by atoms with Crippen LogP contribution in [0.1, 0.15) is 29.0 Å². The quantitative estimate of drug-likeness (QED) is 0.801. The van der Waals surface area contributed by atoms with Gasteiger partial charge in [0.1, 0.15) is 5.76 Å². The second-order valence-electron chi connectivity index (χ2n) is 5.77. The van der Waals surface area contributed by atoms with Crippen molar-refractivity contribution in [2.24, 2.45) is 0 Å². The van der Waals surface area contributed by atoms with Crippen LogP contribution in [-0.4, -0.2) is 37.1 Å². The van der Waals surface area contributed by atoms with Crippen LogP contribution in [0, 0.1) is 0 Å². The zero-order chi connectivity index (χ0) is 17.2. The number of hydrogen-bond acceptors (Lipinski definition) is 7. The highest BCUT2D eigenvalue weighted by molar-refractivity contribution is 7.98. The Morgan fingerprint density at radius 3 is 2.79 bits per heavy atom. The molecule has 0 aliphatic carbocycles. The molecule has 8 heteroatoms. The first-order valence-electron chi connectivity index (χ1n) is 7.67. The molecule has 2 aromatic rings. The lowest BCUT2D eigenvalue weighted by atomic mass is 10.1. The van der Waals surface area contributed by atoms with Gasteiger partial charge in [0, 0.05) is 30.7 Å². The summed E-state index contributed by atoms with van der Waals surface area (Å²) in [7, 11) is -3.22. The summed E-state index contributed by atoms with van der Waals surface area (Å²) in [6.07, 6.45) is 1.36. The molecule has 0 spiro atoms. The predicted octanol–water partition coefficient (Wildman–Crippen LogP) is 1.69. The van der Waals surface area contributed by atoms with E-state index in [4.69, 9.17) is 4.42 Å². The van der Waals surface area contributed by atoms with Gasteiger partial charge in [0.25, 0.3) is 0 Å². The van der Waals surface area contributed by atoms with Gasteiger partial charge in [-0.05, 0) is 17.7 Å². The Morgan fingerprint density at radius 2 is 2.12 bits per heavy atom. The molecule has 2 heterocycles. The number of fused-ring (bicyclic) bond motifs is 1. The van der Waals surface area contributed by atoms with E-state index in [1.807, 2.05) is 11.8 Å². The number of sulfone groups is 1. The fourth-order valence-electron chi connectivity index (χ4n) is 2.53. The summed E-state index contributed by atoms with van der Waals surface area (Å²) in [6.45, 7) is 0.788. The molecule has 3 rings (SSSR count). The summed E-state index contributed by atoms with van der Waals surface area (Å²) >= 11 is 1.85. The number of aliphatic hydroxyl groups is 1. The Balaban J connectivity index is 1.53. The second kappa shape index (κ2) is 7.26. The second-order valence-corrected chi connectivity index (χ2v) is 8.89. The molecule has 1 aromatic heterocycles. The average Bonchev–Trinajstić information content (AvgIpc) is 2.96. The molecule has 2 N–H and O–H groups in total. The Morgan fingerprint density at radius 1 is 1.38 bits per heavy atom. The number of oxazole rings is 1. The van der Waals surface area contributed by atoms with Gasteiger partial charge in [0.15, 0.2) is 9.84 Å². The molecule has 0 saturated carbocycles. The first kappa shape index (κ1) is 17.5. The van der Waals surface area contributed by atoms with Crippen molar-refractivity contribution in [3.05, 3.63) is 47.2 Å². The lowest BCUT2D eigenvalue weighted by Gasteiger charge is -2.12. The summed E-state index contributed by atoms with van der Waals surface area (Å²) in [6, 6.07) is 6.27. The molecule has 1 aliphatic rings. The Hall–Kier alpha value is -1.35. The topological polar surface area (TPSA) is 92.4 Å². The molecule has 130 valence electrons. The van der Waals surface area contributed by atoms with Crippen LogP contribution in [0.2, 0.25) is 0 Å². The van der Waals surface area contributed by atoms with Crippen molar-refractivity contribution >= 4 is 21.6 Å². The van der Waals surface area contributed by atoms with E-state index in [1.165, 1.54) is 12.1 Å². The van der Waals surface area contributed by atoms with E-state index in [9.17, 15) is 13.5 Å². The molecular formula is C16H20N2O4S2. The summed E-state index contributed by atoms with van der Waals surface area (Å²) < 4.78 is 28.6. The van der Waals surface area contributed by atoms with Gasteiger partial charge in [-0.3, -0.25) is 0 Å². The van der Waals surface area contributed by atoms with Crippen LogP contribution in [0.15, 0.2) is 33.6 Å². The van der Waals surface area contributed by atoms with Gasteiger partial charge in [-0.1, -0.05) is 12.1 Å². The van der Waals surface area contributed by atoms with Crippen molar-refractivity contribution in [1.29, 1.82) is 0 Å². The molecular weight excluding hydrogens is 348 g/mol. The minimum atomic E-state index is -3.22. The molecule has 0 radical (unpaired) electrons. The maximum atomic E-state index is 11.4. The van der Waals surface area contributed by atoms with Gasteiger partial charge in [-0.25, -0.2) is 13.4 Å². The molecule has 1 unspecified atom stereocenters. The summed E-state index contributed by atoms with van der Waals surface area (Å²) in [4.78, 5) is 4.71. The van der Waals surface area contributed by atoms with Gasteiger partial charge in [0.2, 0.25) is 5.89 Å². The molecule has 1 aromatic carbocycles. The van der Waals surface area contributed by atoms with E-state index >= 15 is 0 Å². The minimum Gasteiger partial charge on any atom is -0.444 e. The summed E-state index contributed by atoms with van der Waals surface area (Å²) in [5.74, 6) is 3.58. The molecule has 24 heavy (non-hydrogen) atoms. The van der Waals surface area contributed by atoms with E-state index in [0.717, 1.165) is 35.6 Å². The first-order chi connectivity index (χ1) is 11.4. The number of rotatable bonds is 6. The van der Waals surface area contributed by atoms with Crippen molar-refractivity contribution < 1.29 is 17.9 Å². The number of aliphatic hydroxyl groups excluding tert-OH is 1. The molecule has 6 nitrogen and oxygen atoms in total. The van der Waals surface area contributed by atoms with Gasteiger partial charge in [0.05, 0.1) is 23.2 Å². The predicted molar refractivity (Wildman–Crippen MR) is 92.6 cm³/mol. The molecule has 0 fully saturated rings. The van der Waals surface area contributed by atoms with Gasteiger partial charge >= 0.3 is 0 Å². The Kier molecular flexibility index (Phi) is 5.29. The third-order valence-electron chi connectivity index (χ3n) is 3.84. The zero-order valence-electron chi connectivity index (χ0n) is 13.4. The highest BCUT2D eigenvalue weighted by Gasteiger charge is 2.17. The molecule has 0 bridgehead atoms. The maximum absolute atomic E-state index is 11.4. The largest absolute Gasteiger partial charge is 0.444 e. The monoisotopic (exact) mass is 368 g/mol. The average molecular weight is 368 g/mol. The van der Waals surface area contributed by atoms with Crippen LogP contribution in [0.4, 0.5) is 0 Å². The first-order valence-corrected chi connectivity index (χ1v) is 10.7. The smallest absolute Gasteiger partial charge is 0.208 e.